The molecule has 0 bridgehead atoms. The molecule has 1 N–H and O–H groups in total. The van der Waals surface area contributed by atoms with Crippen LogP contribution in [0.25, 0.3) is 0 Å². The van der Waals surface area contributed by atoms with Gasteiger partial charge in [0, 0.05) is 16.2 Å². The van der Waals surface area contributed by atoms with Gasteiger partial charge in [0.2, 0.25) is 0 Å². The number of benzene rings is 2. The minimum Gasteiger partial charge on any atom is -0.494 e. The molecule has 100 valence electrons. The van der Waals surface area contributed by atoms with E-state index in [1.165, 1.54) is 24.9 Å². The number of rotatable bonds is 5. The number of aliphatic hydroxyl groups is 1. The Hall–Kier alpha value is -1.52. The summed E-state index contributed by atoms with van der Waals surface area (Å²) in [4.78, 5) is 1.05. The lowest BCUT2D eigenvalue weighted by Gasteiger charge is -2.13. The summed E-state index contributed by atoms with van der Waals surface area (Å²) in [6.45, 7) is 0. The molecule has 0 spiro atoms. The normalized spacial score (nSPS) is 12.2. The lowest BCUT2D eigenvalue weighted by atomic mass is 10.1. The molecule has 2 nitrogen and oxygen atoms in total. The molecule has 0 aromatic heterocycles. The van der Waals surface area contributed by atoms with E-state index in [0.29, 0.717) is 5.75 Å². The Morgan fingerprint density at radius 2 is 1.89 bits per heavy atom. The first kappa shape index (κ1) is 13.9. The van der Waals surface area contributed by atoms with Crippen molar-refractivity contribution < 1.29 is 14.2 Å². The van der Waals surface area contributed by atoms with Crippen LogP contribution in [0.2, 0.25) is 0 Å². The zero-order valence-electron chi connectivity index (χ0n) is 10.5. The van der Waals surface area contributed by atoms with Crippen molar-refractivity contribution >= 4 is 11.8 Å². The van der Waals surface area contributed by atoms with Gasteiger partial charge in [-0.25, -0.2) is 4.39 Å². The first-order chi connectivity index (χ1) is 9.22. The van der Waals surface area contributed by atoms with Crippen LogP contribution < -0.4 is 4.74 Å². The number of aliphatic hydroxyl groups excluding tert-OH is 1. The molecule has 0 radical (unpaired) electrons. The first-order valence-electron chi connectivity index (χ1n) is 5.90. The molecule has 0 heterocycles. The van der Waals surface area contributed by atoms with Crippen LogP contribution >= 0.6 is 11.8 Å². The molecule has 0 fully saturated rings. The fraction of sp³-hybridized carbons (Fsp3) is 0.200. The van der Waals surface area contributed by atoms with Crippen molar-refractivity contribution in [1.29, 1.82) is 0 Å². The molecular formula is C15H15FO2S. The van der Waals surface area contributed by atoms with Crippen LogP contribution in [0.3, 0.4) is 0 Å². The van der Waals surface area contributed by atoms with Crippen LogP contribution in [-0.2, 0) is 0 Å². The zero-order valence-corrected chi connectivity index (χ0v) is 11.4. The van der Waals surface area contributed by atoms with Gasteiger partial charge in [-0.05, 0) is 18.2 Å². The third-order valence-corrected chi connectivity index (χ3v) is 3.81. The Kier molecular flexibility index (Phi) is 4.82. The molecule has 1 unspecified atom stereocenters. The average molecular weight is 278 g/mol. The number of hydrogen-bond donors (Lipinski definition) is 1. The van der Waals surface area contributed by atoms with E-state index in [1.807, 2.05) is 30.3 Å². The van der Waals surface area contributed by atoms with E-state index in [4.69, 9.17) is 4.74 Å². The van der Waals surface area contributed by atoms with Gasteiger partial charge in [0.15, 0.2) is 11.6 Å². The Morgan fingerprint density at radius 3 is 2.58 bits per heavy atom. The second-order valence-electron chi connectivity index (χ2n) is 4.00. The van der Waals surface area contributed by atoms with Gasteiger partial charge in [0.1, 0.15) is 0 Å². The predicted octanol–water partition coefficient (Wildman–Crippen LogP) is 3.66. The maximum absolute atomic E-state index is 14.0. The number of halogens is 1. The SMILES string of the molecule is COc1cccc(C(O)CSc2ccccc2)c1F. The Labute approximate surface area is 116 Å². The first-order valence-corrected chi connectivity index (χ1v) is 6.89. The minimum absolute atomic E-state index is 0.154. The van der Waals surface area contributed by atoms with Crippen LogP contribution in [0.15, 0.2) is 53.4 Å². The lowest BCUT2D eigenvalue weighted by molar-refractivity contribution is 0.197. The van der Waals surface area contributed by atoms with Crippen LogP contribution in [-0.4, -0.2) is 18.0 Å². The fourth-order valence-corrected chi connectivity index (χ4v) is 2.60. The van der Waals surface area contributed by atoms with Crippen molar-refractivity contribution in [3.8, 4) is 5.75 Å². The van der Waals surface area contributed by atoms with E-state index in [-0.39, 0.29) is 11.3 Å². The van der Waals surface area contributed by atoms with Crippen LogP contribution in [0.1, 0.15) is 11.7 Å². The third kappa shape index (κ3) is 3.49. The lowest BCUT2D eigenvalue weighted by Crippen LogP contribution is -2.04. The maximum atomic E-state index is 14.0. The molecule has 0 saturated carbocycles. The molecule has 0 aliphatic carbocycles. The second kappa shape index (κ2) is 6.59. The van der Waals surface area contributed by atoms with E-state index in [9.17, 15) is 9.50 Å². The van der Waals surface area contributed by atoms with Crippen molar-refractivity contribution in [3.63, 3.8) is 0 Å². The molecule has 2 rings (SSSR count). The molecule has 0 aliphatic rings. The summed E-state index contributed by atoms with van der Waals surface area (Å²) >= 11 is 1.49. The topological polar surface area (TPSA) is 29.5 Å². The highest BCUT2D eigenvalue weighted by Crippen LogP contribution is 2.29. The monoisotopic (exact) mass is 278 g/mol. The number of methoxy groups -OCH3 is 1. The Morgan fingerprint density at radius 1 is 1.16 bits per heavy atom. The van der Waals surface area contributed by atoms with Gasteiger partial charge in [-0.3, -0.25) is 0 Å². The molecule has 1 atom stereocenters. The third-order valence-electron chi connectivity index (χ3n) is 2.72. The van der Waals surface area contributed by atoms with Gasteiger partial charge in [-0.1, -0.05) is 30.3 Å². The highest BCUT2D eigenvalue weighted by Gasteiger charge is 2.16. The zero-order chi connectivity index (χ0) is 13.7. The summed E-state index contributed by atoms with van der Waals surface area (Å²) in [5, 5.41) is 10.1. The van der Waals surface area contributed by atoms with Crippen molar-refractivity contribution in [2.45, 2.75) is 11.0 Å². The summed E-state index contributed by atoms with van der Waals surface area (Å²) in [7, 11) is 1.41. The van der Waals surface area contributed by atoms with Gasteiger partial charge in [0.25, 0.3) is 0 Å². The molecule has 0 amide bonds. The van der Waals surface area contributed by atoms with Crippen LogP contribution in [0.5, 0.6) is 5.75 Å². The van der Waals surface area contributed by atoms with Gasteiger partial charge >= 0.3 is 0 Å². The van der Waals surface area contributed by atoms with Gasteiger partial charge in [-0.2, -0.15) is 0 Å². The maximum Gasteiger partial charge on any atom is 0.170 e. The molecule has 19 heavy (non-hydrogen) atoms. The summed E-state index contributed by atoms with van der Waals surface area (Å²) < 4.78 is 18.9. The van der Waals surface area contributed by atoms with Gasteiger partial charge in [-0.15, -0.1) is 11.8 Å². The average Bonchev–Trinajstić information content (AvgIpc) is 2.46. The largest absolute Gasteiger partial charge is 0.494 e. The molecule has 0 aliphatic heterocycles. The molecule has 0 saturated heterocycles. The number of ether oxygens (including phenoxy) is 1. The van der Waals surface area contributed by atoms with E-state index in [2.05, 4.69) is 0 Å². The van der Waals surface area contributed by atoms with Gasteiger partial charge in [0.05, 0.1) is 13.2 Å². The van der Waals surface area contributed by atoms with E-state index in [0.717, 1.165) is 4.90 Å². The van der Waals surface area contributed by atoms with E-state index < -0.39 is 11.9 Å². The van der Waals surface area contributed by atoms with Crippen LogP contribution in [0, 0.1) is 5.82 Å². The predicted molar refractivity (Wildman–Crippen MR) is 75.1 cm³/mol. The summed E-state index contributed by atoms with van der Waals surface area (Å²) in [6, 6.07) is 14.5. The molecule has 4 heteroatoms. The highest BCUT2D eigenvalue weighted by atomic mass is 32.2. The standard InChI is InChI=1S/C15H15FO2S/c1-18-14-9-5-8-12(15(14)16)13(17)10-19-11-6-3-2-4-7-11/h2-9,13,17H,10H2,1H3. The quantitative estimate of drug-likeness (QED) is 0.846. The van der Waals surface area contributed by atoms with Crippen molar-refractivity contribution in [2.24, 2.45) is 0 Å². The van der Waals surface area contributed by atoms with Crippen LogP contribution in [0.4, 0.5) is 4.39 Å². The Bertz CT molecular complexity index is 531. The number of thioether (sulfide) groups is 1. The second-order valence-corrected chi connectivity index (χ2v) is 5.10. The van der Waals surface area contributed by atoms with E-state index in [1.54, 1.807) is 12.1 Å². The number of hydrogen-bond acceptors (Lipinski definition) is 3. The highest BCUT2D eigenvalue weighted by molar-refractivity contribution is 7.99. The van der Waals surface area contributed by atoms with Crippen molar-refractivity contribution in [1.82, 2.24) is 0 Å². The smallest absolute Gasteiger partial charge is 0.170 e. The fourth-order valence-electron chi connectivity index (χ4n) is 1.72. The van der Waals surface area contributed by atoms with E-state index >= 15 is 0 Å². The molecule has 2 aromatic carbocycles. The van der Waals surface area contributed by atoms with Crippen molar-refractivity contribution in [2.75, 3.05) is 12.9 Å². The Balaban J connectivity index is 2.06. The van der Waals surface area contributed by atoms with Crippen molar-refractivity contribution in [3.05, 3.63) is 59.9 Å². The molecule has 2 aromatic rings. The summed E-state index contributed by atoms with van der Waals surface area (Å²) in [5.74, 6) is 0.0566. The summed E-state index contributed by atoms with van der Waals surface area (Å²) in [5.41, 5.74) is 0.266. The summed E-state index contributed by atoms with van der Waals surface area (Å²) in [6.07, 6.45) is -0.861. The molecular weight excluding hydrogens is 263 g/mol. The minimum atomic E-state index is -0.861. The van der Waals surface area contributed by atoms with Gasteiger partial charge < -0.3 is 9.84 Å².